The van der Waals surface area contributed by atoms with Gasteiger partial charge in [0.1, 0.15) is 0 Å². The predicted molar refractivity (Wildman–Crippen MR) is 81.5 cm³/mol. The van der Waals surface area contributed by atoms with E-state index in [1.807, 2.05) is 0 Å². The number of nitrogens with zero attached hydrogens (tertiary/aromatic N) is 2. The second kappa shape index (κ2) is 6.35. The van der Waals surface area contributed by atoms with Gasteiger partial charge >= 0.3 is 6.18 Å². The molecule has 0 aromatic carbocycles. The van der Waals surface area contributed by atoms with Crippen molar-refractivity contribution in [3.63, 3.8) is 0 Å². The molecule has 0 radical (unpaired) electrons. The fourth-order valence-electron chi connectivity index (χ4n) is 4.25. The van der Waals surface area contributed by atoms with Crippen molar-refractivity contribution in [1.82, 2.24) is 9.88 Å². The Morgan fingerprint density at radius 1 is 1.38 bits per heavy atom. The van der Waals surface area contributed by atoms with E-state index < -0.39 is 17.8 Å². The lowest BCUT2D eigenvalue weighted by Gasteiger charge is -2.43. The summed E-state index contributed by atoms with van der Waals surface area (Å²) in [4.78, 5) is 17.7. The monoisotopic (exact) mass is 342 g/mol. The molecule has 0 bridgehead atoms. The Morgan fingerprint density at radius 3 is 2.83 bits per heavy atom. The first-order valence-corrected chi connectivity index (χ1v) is 8.22. The number of halogens is 3. The van der Waals surface area contributed by atoms with Gasteiger partial charge in [-0.2, -0.15) is 13.2 Å². The number of carbonyl (C=O) groups excluding carboxylic acids is 1. The molecule has 4 nitrogen and oxygen atoms in total. The number of aromatic nitrogens is 1. The van der Waals surface area contributed by atoms with E-state index in [2.05, 4.69) is 4.98 Å². The van der Waals surface area contributed by atoms with Gasteiger partial charge < -0.3 is 9.64 Å². The van der Waals surface area contributed by atoms with Gasteiger partial charge in [-0.05, 0) is 37.8 Å². The van der Waals surface area contributed by atoms with Crippen LogP contribution in [0.1, 0.15) is 48.2 Å². The van der Waals surface area contributed by atoms with E-state index in [-0.39, 0.29) is 17.1 Å². The molecule has 1 aromatic rings. The fourth-order valence-corrected chi connectivity index (χ4v) is 4.25. The lowest BCUT2D eigenvalue weighted by molar-refractivity contribution is -0.141. The zero-order valence-corrected chi connectivity index (χ0v) is 13.6. The van der Waals surface area contributed by atoms with E-state index in [1.165, 1.54) is 12.1 Å². The summed E-state index contributed by atoms with van der Waals surface area (Å²) in [7, 11) is 1.67. The molecular formula is C17H21F3N2O2. The summed E-state index contributed by atoms with van der Waals surface area (Å²) in [6.45, 7) is 0.930. The van der Waals surface area contributed by atoms with Crippen LogP contribution in [0.5, 0.6) is 0 Å². The number of hydrogen-bond acceptors (Lipinski definition) is 3. The van der Waals surface area contributed by atoms with E-state index in [0.29, 0.717) is 13.1 Å². The number of methoxy groups -OCH3 is 1. The number of rotatable bonds is 2. The van der Waals surface area contributed by atoms with Crippen LogP contribution in [0.25, 0.3) is 0 Å². The van der Waals surface area contributed by atoms with Crippen molar-refractivity contribution in [2.24, 2.45) is 5.41 Å². The zero-order valence-electron chi connectivity index (χ0n) is 13.6. The van der Waals surface area contributed by atoms with Gasteiger partial charge in [0.15, 0.2) is 5.69 Å². The van der Waals surface area contributed by atoms with Gasteiger partial charge in [-0.3, -0.25) is 9.78 Å². The standard InChI is InChI=1S/C17H21F3N2O2/c1-24-13-6-2-7-16(13)8-4-10-22(11-16)15(23)12-5-3-9-21-14(12)17(18,19)20/h3,5,9,13H,2,4,6-8,10-11H2,1H3/t13-,16-/m1/s1. The average Bonchev–Trinajstić information content (AvgIpc) is 2.95. The Bertz CT molecular complexity index is 620. The van der Waals surface area contributed by atoms with Gasteiger partial charge in [0, 0.05) is 31.8 Å². The predicted octanol–water partition coefficient (Wildman–Crippen LogP) is 3.52. The highest BCUT2D eigenvalue weighted by Gasteiger charge is 2.47. The number of hydrogen-bond donors (Lipinski definition) is 0. The van der Waals surface area contributed by atoms with Crippen molar-refractivity contribution >= 4 is 5.91 Å². The van der Waals surface area contributed by atoms with E-state index in [9.17, 15) is 18.0 Å². The summed E-state index contributed by atoms with van der Waals surface area (Å²) in [6, 6.07) is 2.58. The van der Waals surface area contributed by atoms with Crippen LogP contribution in [-0.4, -0.2) is 42.1 Å². The Morgan fingerprint density at radius 2 is 2.12 bits per heavy atom. The van der Waals surface area contributed by atoms with Crippen LogP contribution < -0.4 is 0 Å². The first kappa shape index (κ1) is 17.2. The van der Waals surface area contributed by atoms with Crippen LogP contribution in [0.15, 0.2) is 18.3 Å². The van der Waals surface area contributed by atoms with Crippen LogP contribution in [0.2, 0.25) is 0 Å². The van der Waals surface area contributed by atoms with Gasteiger partial charge in [0.05, 0.1) is 11.7 Å². The molecule has 1 aliphatic carbocycles. The first-order chi connectivity index (χ1) is 11.4. The van der Waals surface area contributed by atoms with Crippen LogP contribution in [-0.2, 0) is 10.9 Å². The van der Waals surface area contributed by atoms with E-state index in [0.717, 1.165) is 38.3 Å². The quantitative estimate of drug-likeness (QED) is 0.826. The molecule has 1 saturated carbocycles. The number of piperidine rings is 1. The maximum Gasteiger partial charge on any atom is 0.434 e. The summed E-state index contributed by atoms with van der Waals surface area (Å²) in [5.41, 5.74) is -1.60. The van der Waals surface area contributed by atoms with Crippen LogP contribution >= 0.6 is 0 Å². The largest absolute Gasteiger partial charge is 0.434 e. The molecule has 24 heavy (non-hydrogen) atoms. The number of amides is 1. The van der Waals surface area contributed by atoms with Gasteiger partial charge in [-0.25, -0.2) is 0 Å². The average molecular weight is 342 g/mol. The Kier molecular flexibility index (Phi) is 4.55. The first-order valence-electron chi connectivity index (χ1n) is 8.22. The number of pyridine rings is 1. The van der Waals surface area contributed by atoms with Gasteiger partial charge in [0.25, 0.3) is 5.91 Å². The Hall–Kier alpha value is -1.63. The van der Waals surface area contributed by atoms with Crippen molar-refractivity contribution in [3.8, 4) is 0 Å². The van der Waals surface area contributed by atoms with Gasteiger partial charge in [0.2, 0.25) is 0 Å². The topological polar surface area (TPSA) is 42.4 Å². The zero-order chi connectivity index (χ0) is 17.4. The SMILES string of the molecule is CO[C@@H]1CCC[C@]12CCCN(C(=O)c1cccnc1C(F)(F)F)C2. The molecule has 1 aromatic heterocycles. The van der Waals surface area contributed by atoms with Crippen molar-refractivity contribution in [3.05, 3.63) is 29.6 Å². The second-order valence-electron chi connectivity index (χ2n) is 6.71. The van der Waals surface area contributed by atoms with Crippen molar-refractivity contribution in [1.29, 1.82) is 0 Å². The maximum absolute atomic E-state index is 13.1. The highest BCUT2D eigenvalue weighted by atomic mass is 19.4. The fraction of sp³-hybridized carbons (Fsp3) is 0.647. The molecule has 0 unspecified atom stereocenters. The summed E-state index contributed by atoms with van der Waals surface area (Å²) in [5.74, 6) is -0.587. The summed E-state index contributed by atoms with van der Waals surface area (Å²) in [5, 5.41) is 0. The normalized spacial score (nSPS) is 27.7. The van der Waals surface area contributed by atoms with Crippen LogP contribution in [0, 0.1) is 5.41 Å². The summed E-state index contributed by atoms with van der Waals surface area (Å²) >= 11 is 0. The molecule has 1 aliphatic heterocycles. The molecule has 132 valence electrons. The maximum atomic E-state index is 13.1. The summed E-state index contributed by atoms with van der Waals surface area (Å²) in [6.07, 6.45) is 1.16. The second-order valence-corrected chi connectivity index (χ2v) is 6.71. The van der Waals surface area contributed by atoms with Crippen molar-refractivity contribution < 1.29 is 22.7 Å². The molecule has 1 spiro atoms. The highest BCUT2D eigenvalue weighted by Crippen LogP contribution is 2.46. The molecule has 0 N–H and O–H groups in total. The molecule has 1 saturated heterocycles. The molecule has 2 fully saturated rings. The Labute approximate surface area is 139 Å². The third kappa shape index (κ3) is 3.01. The smallest absolute Gasteiger partial charge is 0.381 e. The van der Waals surface area contributed by atoms with E-state index in [4.69, 9.17) is 4.74 Å². The lowest BCUT2D eigenvalue weighted by Crippen LogP contribution is -2.50. The van der Waals surface area contributed by atoms with Gasteiger partial charge in [-0.1, -0.05) is 6.42 Å². The third-order valence-corrected chi connectivity index (χ3v) is 5.31. The number of likely N-dealkylation sites (tertiary alicyclic amines) is 1. The summed E-state index contributed by atoms with van der Waals surface area (Å²) < 4.78 is 45.0. The minimum atomic E-state index is -4.64. The van der Waals surface area contributed by atoms with Crippen molar-refractivity contribution in [2.75, 3.05) is 20.2 Å². The highest BCUT2D eigenvalue weighted by molar-refractivity contribution is 5.95. The number of carbonyl (C=O) groups is 1. The molecule has 7 heteroatoms. The molecule has 2 aliphatic rings. The number of ether oxygens (including phenoxy) is 1. The Balaban J connectivity index is 1.86. The van der Waals surface area contributed by atoms with Crippen molar-refractivity contribution in [2.45, 2.75) is 44.4 Å². The van der Waals surface area contributed by atoms with E-state index >= 15 is 0 Å². The van der Waals surface area contributed by atoms with E-state index in [1.54, 1.807) is 12.0 Å². The minimum Gasteiger partial charge on any atom is -0.381 e. The van der Waals surface area contributed by atoms with Gasteiger partial charge in [-0.15, -0.1) is 0 Å². The lowest BCUT2D eigenvalue weighted by atomic mass is 9.76. The van der Waals surface area contributed by atoms with Crippen LogP contribution in [0.4, 0.5) is 13.2 Å². The van der Waals surface area contributed by atoms with Crippen LogP contribution in [0.3, 0.4) is 0 Å². The molecule has 2 atom stereocenters. The molecule has 2 heterocycles. The molecular weight excluding hydrogens is 321 g/mol. The minimum absolute atomic E-state index is 0.0732. The molecule has 1 amide bonds. The molecule has 3 rings (SSSR count). The number of alkyl halides is 3. The third-order valence-electron chi connectivity index (χ3n) is 5.31.